The fraction of sp³-hybridized carbons (Fsp3) is 0.459. The maximum atomic E-state index is 13.2. The Hall–Kier alpha value is -4.44. The van der Waals surface area contributed by atoms with Crippen molar-refractivity contribution >= 4 is 28.4 Å². The second-order valence-corrected chi connectivity index (χ2v) is 12.4. The number of aromatic nitrogens is 3. The van der Waals surface area contributed by atoms with Crippen LogP contribution in [0.15, 0.2) is 67.4 Å². The van der Waals surface area contributed by atoms with Gasteiger partial charge in [0.05, 0.1) is 24.5 Å². The van der Waals surface area contributed by atoms with E-state index >= 15 is 0 Å². The largest absolute Gasteiger partial charge is 0.490 e. The molecule has 1 aliphatic heterocycles. The Morgan fingerprint density at radius 2 is 1.98 bits per heavy atom. The number of aryl methyl sites for hydroxylation is 2. The molecule has 1 fully saturated rings. The first-order chi connectivity index (χ1) is 22.8. The molecule has 10 nitrogen and oxygen atoms in total. The number of esters is 2. The molecule has 2 aromatic heterocycles. The SMILES string of the molecule is CCC(=O)OC[C@H](Cc1cn(C)cn1)[C@H](CC)C(=O)OCCOc1cc(CN2CC[C@@H](Nc3cccc4cnccc34)C2)ccc1C. The average molecular weight is 642 g/mol. The number of anilines is 1. The highest BCUT2D eigenvalue weighted by Crippen LogP contribution is 2.27. The fourth-order valence-corrected chi connectivity index (χ4v) is 6.27. The summed E-state index contributed by atoms with van der Waals surface area (Å²) in [4.78, 5) is 36.2. The minimum absolute atomic E-state index is 0.133. The molecule has 0 aliphatic carbocycles. The van der Waals surface area contributed by atoms with Crippen LogP contribution in [-0.4, -0.2) is 70.3 Å². The van der Waals surface area contributed by atoms with Crippen molar-refractivity contribution in [3.05, 3.63) is 84.2 Å². The van der Waals surface area contributed by atoms with Crippen LogP contribution in [0.3, 0.4) is 0 Å². The quantitative estimate of drug-likeness (QED) is 0.121. The maximum absolute atomic E-state index is 13.2. The molecule has 0 saturated carbocycles. The lowest BCUT2D eigenvalue weighted by Gasteiger charge is -2.24. The summed E-state index contributed by atoms with van der Waals surface area (Å²) in [6.45, 7) is 9.06. The lowest BCUT2D eigenvalue weighted by Crippen LogP contribution is -2.32. The topological polar surface area (TPSA) is 108 Å². The molecule has 1 aliphatic rings. The number of carbonyl (C=O) groups is 2. The van der Waals surface area contributed by atoms with Crippen LogP contribution in [0, 0.1) is 18.8 Å². The Morgan fingerprint density at radius 1 is 1.11 bits per heavy atom. The highest BCUT2D eigenvalue weighted by Gasteiger charge is 2.30. The van der Waals surface area contributed by atoms with E-state index in [0.717, 1.165) is 54.1 Å². The van der Waals surface area contributed by atoms with Crippen LogP contribution in [0.5, 0.6) is 5.75 Å². The molecule has 0 amide bonds. The number of pyridine rings is 1. The molecule has 0 spiro atoms. The number of hydrogen-bond donors (Lipinski definition) is 1. The number of fused-ring (bicyclic) bond motifs is 1. The van der Waals surface area contributed by atoms with Gasteiger partial charge < -0.3 is 24.1 Å². The number of hydrogen-bond acceptors (Lipinski definition) is 9. The van der Waals surface area contributed by atoms with Gasteiger partial charge in [-0.05, 0) is 55.5 Å². The maximum Gasteiger partial charge on any atom is 0.309 e. The van der Waals surface area contributed by atoms with Gasteiger partial charge in [0.15, 0.2) is 0 Å². The molecule has 2 aromatic carbocycles. The van der Waals surface area contributed by atoms with E-state index in [1.54, 1.807) is 13.3 Å². The van der Waals surface area contributed by atoms with Gasteiger partial charge >= 0.3 is 11.9 Å². The number of benzene rings is 2. The van der Waals surface area contributed by atoms with E-state index in [2.05, 4.69) is 62.6 Å². The molecule has 1 saturated heterocycles. The van der Waals surface area contributed by atoms with Crippen LogP contribution in [0.2, 0.25) is 0 Å². The van der Waals surface area contributed by atoms with Gasteiger partial charge in [-0.3, -0.25) is 19.5 Å². The van der Waals surface area contributed by atoms with Gasteiger partial charge in [-0.25, -0.2) is 4.98 Å². The fourth-order valence-electron chi connectivity index (χ4n) is 6.27. The van der Waals surface area contributed by atoms with E-state index in [1.807, 2.05) is 44.1 Å². The van der Waals surface area contributed by atoms with Gasteiger partial charge in [0.1, 0.15) is 19.0 Å². The van der Waals surface area contributed by atoms with Crippen molar-refractivity contribution in [3.8, 4) is 5.75 Å². The molecule has 47 heavy (non-hydrogen) atoms. The molecule has 4 aromatic rings. The summed E-state index contributed by atoms with van der Waals surface area (Å²) in [6.07, 6.45) is 9.83. The van der Waals surface area contributed by atoms with Crippen molar-refractivity contribution in [1.82, 2.24) is 19.4 Å². The smallest absolute Gasteiger partial charge is 0.309 e. The van der Waals surface area contributed by atoms with Gasteiger partial charge in [-0.1, -0.05) is 38.1 Å². The van der Waals surface area contributed by atoms with E-state index in [-0.39, 0.29) is 44.1 Å². The number of likely N-dealkylation sites (tertiary alicyclic amines) is 1. The molecule has 0 unspecified atom stereocenters. The molecule has 1 N–H and O–H groups in total. The van der Waals surface area contributed by atoms with Crippen molar-refractivity contribution in [1.29, 1.82) is 0 Å². The number of nitrogens with zero attached hydrogens (tertiary/aromatic N) is 4. The van der Waals surface area contributed by atoms with Gasteiger partial charge in [0.25, 0.3) is 0 Å². The van der Waals surface area contributed by atoms with E-state index < -0.39 is 5.92 Å². The van der Waals surface area contributed by atoms with Gasteiger partial charge in [-0.2, -0.15) is 0 Å². The van der Waals surface area contributed by atoms with Crippen molar-refractivity contribution in [2.45, 2.75) is 59.0 Å². The highest BCUT2D eigenvalue weighted by atomic mass is 16.6. The monoisotopic (exact) mass is 641 g/mol. The zero-order valence-corrected chi connectivity index (χ0v) is 28.0. The van der Waals surface area contributed by atoms with Crippen LogP contribution in [0.4, 0.5) is 5.69 Å². The second-order valence-electron chi connectivity index (χ2n) is 12.4. The Kier molecular flexibility index (Phi) is 11.8. The Bertz CT molecular complexity index is 1630. The van der Waals surface area contributed by atoms with Crippen LogP contribution < -0.4 is 10.1 Å². The van der Waals surface area contributed by atoms with E-state index in [4.69, 9.17) is 14.2 Å². The minimum atomic E-state index is -0.428. The summed E-state index contributed by atoms with van der Waals surface area (Å²) in [5.74, 6) is -0.466. The van der Waals surface area contributed by atoms with E-state index in [1.165, 1.54) is 10.9 Å². The summed E-state index contributed by atoms with van der Waals surface area (Å²) in [6, 6.07) is 15.1. The Balaban J connectivity index is 1.11. The van der Waals surface area contributed by atoms with Crippen molar-refractivity contribution in [3.63, 3.8) is 0 Å². The third-order valence-electron chi connectivity index (χ3n) is 8.85. The first-order valence-electron chi connectivity index (χ1n) is 16.7. The Labute approximate surface area is 277 Å². The third kappa shape index (κ3) is 9.32. The standard InChI is InChI=1S/C37H47N5O5/c1-5-32(29(24-47-36(43)6-2)19-31-22-41(4)25-39-31)37(44)46-17-16-45-35-18-27(11-10-26(35)3)21-42-15-13-30(23-42)40-34-9-7-8-28-20-38-14-12-33(28)34/h7-12,14,18,20,22,25,29-30,32,40H,5-6,13,15-17,19,21,23-24H2,1-4H3/t29-,30+,32-/m0/s1. The highest BCUT2D eigenvalue weighted by molar-refractivity contribution is 5.93. The predicted octanol–water partition coefficient (Wildman–Crippen LogP) is 5.72. The van der Waals surface area contributed by atoms with Crippen LogP contribution in [0.1, 0.15) is 49.9 Å². The zero-order valence-electron chi connectivity index (χ0n) is 28.0. The number of imidazole rings is 1. The summed E-state index contributed by atoms with van der Waals surface area (Å²) in [7, 11) is 1.90. The molecule has 3 atom stereocenters. The number of rotatable bonds is 16. The van der Waals surface area contributed by atoms with Crippen LogP contribution >= 0.6 is 0 Å². The van der Waals surface area contributed by atoms with Gasteiger partial charge in [-0.15, -0.1) is 0 Å². The molecule has 10 heteroatoms. The summed E-state index contributed by atoms with van der Waals surface area (Å²) >= 11 is 0. The predicted molar refractivity (Wildman–Crippen MR) is 182 cm³/mol. The normalized spacial score (nSPS) is 16.1. The van der Waals surface area contributed by atoms with Crippen LogP contribution in [0.25, 0.3) is 10.8 Å². The summed E-state index contributed by atoms with van der Waals surface area (Å²) < 4.78 is 19.1. The summed E-state index contributed by atoms with van der Waals surface area (Å²) in [5.41, 5.74) is 4.21. The van der Waals surface area contributed by atoms with E-state index in [9.17, 15) is 9.59 Å². The van der Waals surface area contributed by atoms with Crippen LogP contribution in [-0.2, 0) is 39.1 Å². The lowest BCUT2D eigenvalue weighted by molar-refractivity contribution is -0.155. The van der Waals surface area contributed by atoms with Crippen molar-refractivity contribution in [2.75, 3.05) is 38.2 Å². The zero-order chi connectivity index (χ0) is 33.2. The van der Waals surface area contributed by atoms with Gasteiger partial charge in [0, 0.05) is 80.1 Å². The second kappa shape index (κ2) is 16.4. The number of nitrogens with one attached hydrogen (secondary N) is 1. The number of ether oxygens (including phenoxy) is 3. The molecular weight excluding hydrogens is 594 g/mol. The van der Waals surface area contributed by atoms with E-state index in [0.29, 0.717) is 18.9 Å². The number of carbonyl (C=O) groups excluding carboxylic acids is 2. The minimum Gasteiger partial charge on any atom is -0.490 e. The van der Waals surface area contributed by atoms with Gasteiger partial charge in [0.2, 0.25) is 0 Å². The average Bonchev–Trinajstić information content (AvgIpc) is 3.71. The van der Waals surface area contributed by atoms with Crippen molar-refractivity contribution < 1.29 is 23.8 Å². The molecule has 250 valence electrons. The molecule has 0 bridgehead atoms. The lowest BCUT2D eigenvalue weighted by atomic mass is 9.87. The molecule has 5 rings (SSSR count). The Morgan fingerprint density at radius 3 is 2.77 bits per heavy atom. The van der Waals surface area contributed by atoms with Crippen molar-refractivity contribution in [2.24, 2.45) is 18.9 Å². The first-order valence-corrected chi connectivity index (χ1v) is 16.7. The molecular formula is C37H47N5O5. The first kappa shape index (κ1) is 33.9. The molecule has 0 radical (unpaired) electrons. The third-order valence-corrected chi connectivity index (χ3v) is 8.85. The molecule has 3 heterocycles. The summed E-state index contributed by atoms with van der Waals surface area (Å²) in [5, 5.41) is 6.08.